The summed E-state index contributed by atoms with van der Waals surface area (Å²) < 4.78 is 26.9. The minimum atomic E-state index is -1.51. The van der Waals surface area contributed by atoms with Crippen molar-refractivity contribution in [3.05, 3.63) is 29.3 Å². The molecule has 0 radical (unpaired) electrons. The number of aromatic carboxylic acids is 1. The van der Waals surface area contributed by atoms with Gasteiger partial charge in [-0.2, -0.15) is 0 Å². The predicted octanol–water partition coefficient (Wildman–Crippen LogP) is 1.81. The first-order valence-corrected chi connectivity index (χ1v) is 4.98. The molecule has 0 saturated heterocycles. The lowest BCUT2D eigenvalue weighted by atomic mass is 10.0. The van der Waals surface area contributed by atoms with Crippen LogP contribution in [0.2, 0.25) is 0 Å². The molecule has 94 valence electrons. The fraction of sp³-hybridized carbons (Fsp3) is 0.364. The largest absolute Gasteiger partial charge is 0.478 e. The number of nitrogens with one attached hydrogen (secondary N) is 1. The topological polar surface area (TPSA) is 75.3 Å². The van der Waals surface area contributed by atoms with Gasteiger partial charge in [-0.15, -0.1) is 0 Å². The second kappa shape index (κ2) is 4.67. The fourth-order valence-corrected chi connectivity index (χ4v) is 1.23. The summed E-state index contributed by atoms with van der Waals surface area (Å²) in [6.07, 6.45) is 0. The van der Waals surface area contributed by atoms with Crippen LogP contribution in [0.5, 0.6) is 0 Å². The average Bonchev–Trinajstić information content (AvgIpc) is 2.24. The SMILES string of the molecule is CC(C)(CN)Nc1ccc(C(=O)O)c(F)c1F. The first-order valence-electron chi connectivity index (χ1n) is 4.98. The molecular formula is C11H14F2N2O2. The van der Waals surface area contributed by atoms with Crippen LogP contribution in [0.4, 0.5) is 14.5 Å². The first-order chi connectivity index (χ1) is 7.78. The molecule has 0 aliphatic heterocycles. The van der Waals surface area contributed by atoms with E-state index in [1.807, 2.05) is 0 Å². The average molecular weight is 244 g/mol. The van der Waals surface area contributed by atoms with E-state index in [9.17, 15) is 13.6 Å². The number of hydrogen-bond donors (Lipinski definition) is 3. The summed E-state index contributed by atoms with van der Waals surface area (Å²) in [5.74, 6) is -4.10. The molecule has 0 fully saturated rings. The van der Waals surface area contributed by atoms with E-state index in [1.54, 1.807) is 13.8 Å². The summed E-state index contributed by atoms with van der Waals surface area (Å²) in [5, 5.41) is 11.3. The van der Waals surface area contributed by atoms with Crippen molar-refractivity contribution in [1.29, 1.82) is 0 Å². The van der Waals surface area contributed by atoms with Crippen LogP contribution in [0.25, 0.3) is 0 Å². The minimum absolute atomic E-state index is 0.108. The van der Waals surface area contributed by atoms with Gasteiger partial charge in [0.15, 0.2) is 11.6 Å². The quantitative estimate of drug-likeness (QED) is 0.755. The van der Waals surface area contributed by atoms with Crippen molar-refractivity contribution in [2.24, 2.45) is 5.73 Å². The predicted molar refractivity (Wildman–Crippen MR) is 60.1 cm³/mol. The lowest BCUT2D eigenvalue weighted by molar-refractivity contribution is 0.0690. The van der Waals surface area contributed by atoms with E-state index in [0.29, 0.717) is 0 Å². The van der Waals surface area contributed by atoms with E-state index in [4.69, 9.17) is 10.8 Å². The second-order valence-electron chi connectivity index (χ2n) is 4.31. The third-order valence-electron chi connectivity index (χ3n) is 2.30. The molecule has 1 aromatic rings. The number of nitrogens with two attached hydrogens (primary N) is 1. The molecule has 6 heteroatoms. The number of halogens is 2. The van der Waals surface area contributed by atoms with Gasteiger partial charge < -0.3 is 16.2 Å². The highest BCUT2D eigenvalue weighted by molar-refractivity contribution is 5.88. The molecule has 0 aromatic heterocycles. The summed E-state index contributed by atoms with van der Waals surface area (Å²) in [6.45, 7) is 3.65. The molecule has 1 rings (SSSR count). The van der Waals surface area contributed by atoms with Crippen LogP contribution in [0, 0.1) is 11.6 Å². The van der Waals surface area contributed by atoms with Gasteiger partial charge in [0.1, 0.15) is 0 Å². The minimum Gasteiger partial charge on any atom is -0.478 e. The molecule has 1 aromatic carbocycles. The number of hydrogen-bond acceptors (Lipinski definition) is 3. The van der Waals surface area contributed by atoms with E-state index in [1.165, 1.54) is 6.07 Å². The van der Waals surface area contributed by atoms with Gasteiger partial charge in [-0.1, -0.05) is 0 Å². The molecule has 0 spiro atoms. The van der Waals surface area contributed by atoms with Crippen LogP contribution in [0.3, 0.4) is 0 Å². The van der Waals surface area contributed by atoms with Gasteiger partial charge >= 0.3 is 5.97 Å². The number of carbonyl (C=O) groups is 1. The Balaban J connectivity index is 3.13. The Morgan fingerprint density at radius 3 is 2.47 bits per heavy atom. The van der Waals surface area contributed by atoms with Crippen LogP contribution < -0.4 is 11.1 Å². The zero-order chi connectivity index (χ0) is 13.2. The molecule has 0 aliphatic carbocycles. The summed E-state index contributed by atoms with van der Waals surface area (Å²) in [6, 6.07) is 2.19. The highest BCUT2D eigenvalue weighted by Crippen LogP contribution is 2.23. The molecule has 17 heavy (non-hydrogen) atoms. The Bertz CT molecular complexity index is 447. The highest BCUT2D eigenvalue weighted by Gasteiger charge is 2.22. The Labute approximate surface area is 97.4 Å². The summed E-state index contributed by atoms with van der Waals surface area (Å²) in [7, 11) is 0. The van der Waals surface area contributed by atoms with Crippen molar-refractivity contribution in [2.45, 2.75) is 19.4 Å². The third-order valence-corrected chi connectivity index (χ3v) is 2.30. The van der Waals surface area contributed by atoms with Gasteiger partial charge in [-0.05, 0) is 26.0 Å². The number of carboxylic acid groups (broad SMARTS) is 1. The molecule has 0 aliphatic rings. The van der Waals surface area contributed by atoms with Crippen molar-refractivity contribution in [3.8, 4) is 0 Å². The van der Waals surface area contributed by atoms with E-state index in [2.05, 4.69) is 5.32 Å². The Kier molecular flexibility index (Phi) is 3.67. The fourth-order valence-electron chi connectivity index (χ4n) is 1.23. The molecule has 0 unspecified atom stereocenters. The Hall–Kier alpha value is -1.69. The molecule has 4 nitrogen and oxygen atoms in total. The molecule has 0 saturated carbocycles. The van der Waals surface area contributed by atoms with Crippen LogP contribution in [-0.4, -0.2) is 23.2 Å². The monoisotopic (exact) mass is 244 g/mol. The van der Waals surface area contributed by atoms with Crippen molar-refractivity contribution < 1.29 is 18.7 Å². The standard InChI is InChI=1S/C11H14F2N2O2/c1-11(2,5-14)15-7-4-3-6(10(16)17)8(12)9(7)13/h3-4,15H,5,14H2,1-2H3,(H,16,17). The smallest absolute Gasteiger partial charge is 0.338 e. The van der Waals surface area contributed by atoms with Crippen molar-refractivity contribution in [2.75, 3.05) is 11.9 Å². The van der Waals surface area contributed by atoms with Gasteiger partial charge in [-0.25, -0.2) is 13.6 Å². The third kappa shape index (κ3) is 2.91. The normalized spacial score (nSPS) is 11.4. The molecular weight excluding hydrogens is 230 g/mol. The number of anilines is 1. The van der Waals surface area contributed by atoms with Crippen LogP contribution >= 0.6 is 0 Å². The Morgan fingerprint density at radius 2 is 2.00 bits per heavy atom. The van der Waals surface area contributed by atoms with Gasteiger partial charge in [-0.3, -0.25) is 0 Å². The molecule has 0 bridgehead atoms. The lowest BCUT2D eigenvalue weighted by Gasteiger charge is -2.26. The van der Waals surface area contributed by atoms with Crippen molar-refractivity contribution >= 4 is 11.7 Å². The second-order valence-corrected chi connectivity index (χ2v) is 4.31. The summed E-state index contributed by atoms with van der Waals surface area (Å²) in [4.78, 5) is 10.6. The van der Waals surface area contributed by atoms with E-state index in [0.717, 1.165) is 6.07 Å². The van der Waals surface area contributed by atoms with Gasteiger partial charge in [0, 0.05) is 12.1 Å². The first kappa shape index (κ1) is 13.4. The van der Waals surface area contributed by atoms with Crippen LogP contribution in [-0.2, 0) is 0 Å². The number of rotatable bonds is 4. The zero-order valence-corrected chi connectivity index (χ0v) is 9.55. The number of carboxylic acids is 1. The van der Waals surface area contributed by atoms with Gasteiger partial charge in [0.25, 0.3) is 0 Å². The molecule has 0 amide bonds. The lowest BCUT2D eigenvalue weighted by Crippen LogP contribution is -2.39. The Morgan fingerprint density at radius 1 is 1.41 bits per heavy atom. The maximum Gasteiger partial charge on any atom is 0.338 e. The van der Waals surface area contributed by atoms with E-state index in [-0.39, 0.29) is 12.2 Å². The summed E-state index contributed by atoms with van der Waals surface area (Å²) in [5.41, 5.74) is 4.03. The van der Waals surface area contributed by atoms with Crippen LogP contribution in [0.15, 0.2) is 12.1 Å². The number of benzene rings is 1. The molecule has 0 atom stereocenters. The molecule has 4 N–H and O–H groups in total. The van der Waals surface area contributed by atoms with Crippen LogP contribution in [0.1, 0.15) is 24.2 Å². The molecule has 0 heterocycles. The van der Waals surface area contributed by atoms with E-state index >= 15 is 0 Å². The zero-order valence-electron chi connectivity index (χ0n) is 9.55. The maximum atomic E-state index is 13.5. The highest BCUT2D eigenvalue weighted by atomic mass is 19.2. The summed E-state index contributed by atoms with van der Waals surface area (Å²) >= 11 is 0. The van der Waals surface area contributed by atoms with Crippen molar-refractivity contribution in [1.82, 2.24) is 0 Å². The van der Waals surface area contributed by atoms with Crippen molar-refractivity contribution in [3.63, 3.8) is 0 Å². The van der Waals surface area contributed by atoms with Gasteiger partial charge in [0.05, 0.1) is 11.3 Å². The van der Waals surface area contributed by atoms with Gasteiger partial charge in [0.2, 0.25) is 0 Å². The maximum absolute atomic E-state index is 13.5. The van der Waals surface area contributed by atoms with E-state index < -0.39 is 28.7 Å².